The quantitative estimate of drug-likeness (QED) is 0.590. The molecule has 2 aromatic carbocycles. The summed E-state index contributed by atoms with van der Waals surface area (Å²) >= 11 is 1.45. The number of fused-ring (bicyclic) bond motifs is 1. The normalized spacial score (nSPS) is 11.6. The fourth-order valence-corrected chi connectivity index (χ4v) is 4.22. The van der Waals surface area contributed by atoms with E-state index in [1.165, 1.54) is 11.3 Å². The third-order valence-corrected chi connectivity index (χ3v) is 5.57. The van der Waals surface area contributed by atoms with Crippen LogP contribution < -0.4 is 23.7 Å². The molecule has 3 rings (SSSR count). The molecular formula is C21H24N2O5S. The lowest BCUT2D eigenvalue weighted by atomic mass is 10.1. The summed E-state index contributed by atoms with van der Waals surface area (Å²) in [6.45, 7) is 2.69. The van der Waals surface area contributed by atoms with Gasteiger partial charge in [-0.3, -0.25) is 4.79 Å². The lowest BCUT2D eigenvalue weighted by Gasteiger charge is -2.08. The van der Waals surface area contributed by atoms with E-state index in [0.29, 0.717) is 34.3 Å². The van der Waals surface area contributed by atoms with Crippen LogP contribution in [0.15, 0.2) is 35.3 Å². The number of hydrogen-bond acceptors (Lipinski definition) is 6. The molecule has 0 radical (unpaired) electrons. The minimum atomic E-state index is -0.232. The largest absolute Gasteiger partial charge is 0.493 e. The Morgan fingerprint density at radius 1 is 0.931 bits per heavy atom. The van der Waals surface area contributed by atoms with Crippen LogP contribution in [0, 0.1) is 0 Å². The van der Waals surface area contributed by atoms with Crippen LogP contribution >= 0.6 is 11.3 Å². The number of ether oxygens (including phenoxy) is 4. The van der Waals surface area contributed by atoms with Crippen molar-refractivity contribution in [2.45, 2.75) is 19.9 Å². The van der Waals surface area contributed by atoms with Crippen LogP contribution in [0.4, 0.5) is 0 Å². The number of hydrogen-bond donors (Lipinski definition) is 0. The summed E-state index contributed by atoms with van der Waals surface area (Å²) in [6.07, 6.45) is 0.172. The van der Waals surface area contributed by atoms with Gasteiger partial charge in [-0.25, -0.2) is 0 Å². The summed E-state index contributed by atoms with van der Waals surface area (Å²) in [5.74, 6) is 2.26. The molecule has 8 heteroatoms. The molecule has 0 fully saturated rings. The zero-order valence-electron chi connectivity index (χ0n) is 17.1. The molecule has 1 aromatic heterocycles. The van der Waals surface area contributed by atoms with Gasteiger partial charge in [0.1, 0.15) is 0 Å². The van der Waals surface area contributed by atoms with Crippen LogP contribution in [0.25, 0.3) is 10.2 Å². The van der Waals surface area contributed by atoms with Gasteiger partial charge < -0.3 is 23.5 Å². The third kappa shape index (κ3) is 4.22. The average molecular weight is 416 g/mol. The molecule has 0 saturated carbocycles. The Morgan fingerprint density at radius 3 is 2.17 bits per heavy atom. The summed E-state index contributed by atoms with van der Waals surface area (Å²) in [6, 6.07) is 9.23. The lowest BCUT2D eigenvalue weighted by Crippen LogP contribution is -2.16. The van der Waals surface area contributed by atoms with E-state index in [1.54, 1.807) is 40.6 Å². The molecule has 0 unspecified atom stereocenters. The second-order valence-corrected chi connectivity index (χ2v) is 7.18. The van der Waals surface area contributed by atoms with Crippen molar-refractivity contribution in [2.24, 2.45) is 4.99 Å². The number of thiazole rings is 1. The first-order valence-electron chi connectivity index (χ1n) is 9.08. The van der Waals surface area contributed by atoms with Crippen LogP contribution in [-0.2, 0) is 17.8 Å². The van der Waals surface area contributed by atoms with Gasteiger partial charge in [-0.15, -0.1) is 0 Å². The Morgan fingerprint density at radius 2 is 1.55 bits per heavy atom. The van der Waals surface area contributed by atoms with Gasteiger partial charge in [0.25, 0.3) is 5.91 Å². The molecule has 0 bridgehead atoms. The lowest BCUT2D eigenvalue weighted by molar-refractivity contribution is -0.117. The van der Waals surface area contributed by atoms with E-state index in [4.69, 9.17) is 18.9 Å². The zero-order valence-corrected chi connectivity index (χ0v) is 18.0. The summed E-state index contributed by atoms with van der Waals surface area (Å²) in [5.41, 5.74) is 1.76. The Kier molecular flexibility index (Phi) is 6.43. The van der Waals surface area contributed by atoms with Gasteiger partial charge in [0.15, 0.2) is 27.8 Å². The van der Waals surface area contributed by atoms with Crippen LogP contribution in [0.3, 0.4) is 0 Å². The predicted molar refractivity (Wildman–Crippen MR) is 112 cm³/mol. The van der Waals surface area contributed by atoms with Crippen molar-refractivity contribution in [3.8, 4) is 23.0 Å². The Bertz CT molecular complexity index is 1100. The SMILES string of the molecule is CCn1c(=NC(=O)Cc2ccc(OC)c(OC)c2)sc2cc(OC)c(OC)cc21. The van der Waals surface area contributed by atoms with Gasteiger partial charge in [-0.1, -0.05) is 17.4 Å². The molecule has 0 atom stereocenters. The molecule has 7 nitrogen and oxygen atoms in total. The van der Waals surface area contributed by atoms with E-state index in [1.807, 2.05) is 29.7 Å². The van der Waals surface area contributed by atoms with Gasteiger partial charge in [0, 0.05) is 18.7 Å². The Hall–Kier alpha value is -3.00. The fourth-order valence-electron chi connectivity index (χ4n) is 3.10. The number of benzene rings is 2. The third-order valence-electron chi connectivity index (χ3n) is 4.53. The maximum atomic E-state index is 12.6. The standard InChI is InChI=1S/C21H24N2O5S/c1-6-23-14-11-17(27-4)18(28-5)12-19(14)29-21(23)22-20(24)10-13-7-8-15(25-2)16(9-13)26-3/h7-9,11-12H,6,10H2,1-5H3. The smallest absolute Gasteiger partial charge is 0.252 e. The maximum Gasteiger partial charge on any atom is 0.252 e. The zero-order chi connectivity index (χ0) is 21.0. The van der Waals surface area contributed by atoms with E-state index in [2.05, 4.69) is 4.99 Å². The Balaban J connectivity index is 1.98. The summed E-state index contributed by atoms with van der Waals surface area (Å²) in [7, 11) is 6.35. The number of carbonyl (C=O) groups excluding carboxylic acids is 1. The number of nitrogens with zero attached hydrogens (tertiary/aromatic N) is 2. The highest BCUT2D eigenvalue weighted by Gasteiger charge is 2.13. The highest BCUT2D eigenvalue weighted by atomic mass is 32.1. The van der Waals surface area contributed by atoms with Crippen LogP contribution in [-0.4, -0.2) is 38.9 Å². The minimum Gasteiger partial charge on any atom is -0.493 e. The highest BCUT2D eigenvalue weighted by molar-refractivity contribution is 7.16. The van der Waals surface area contributed by atoms with Gasteiger partial charge in [0.05, 0.1) is 45.1 Å². The molecule has 0 aliphatic heterocycles. The number of rotatable bonds is 7. The van der Waals surface area contributed by atoms with Crippen molar-refractivity contribution in [1.29, 1.82) is 0 Å². The minimum absolute atomic E-state index is 0.172. The predicted octanol–water partition coefficient (Wildman–Crippen LogP) is 3.43. The van der Waals surface area contributed by atoms with Crippen LogP contribution in [0.1, 0.15) is 12.5 Å². The van der Waals surface area contributed by atoms with E-state index < -0.39 is 0 Å². The van der Waals surface area contributed by atoms with Gasteiger partial charge in [0.2, 0.25) is 0 Å². The first-order chi connectivity index (χ1) is 14.0. The summed E-state index contributed by atoms with van der Waals surface area (Å²) in [4.78, 5) is 17.6. The van der Waals surface area contributed by atoms with Crippen molar-refractivity contribution >= 4 is 27.5 Å². The second-order valence-electron chi connectivity index (χ2n) is 6.18. The molecule has 0 spiro atoms. The van der Waals surface area contributed by atoms with Crippen molar-refractivity contribution in [3.63, 3.8) is 0 Å². The summed E-state index contributed by atoms with van der Waals surface area (Å²) < 4.78 is 24.3. The molecule has 0 saturated heterocycles. The van der Waals surface area contributed by atoms with E-state index in [0.717, 1.165) is 15.8 Å². The van der Waals surface area contributed by atoms with Gasteiger partial charge >= 0.3 is 0 Å². The van der Waals surface area contributed by atoms with E-state index in [9.17, 15) is 4.79 Å². The van der Waals surface area contributed by atoms with Gasteiger partial charge in [-0.05, 0) is 24.6 Å². The molecule has 154 valence electrons. The molecule has 1 amide bonds. The fraction of sp³-hybridized carbons (Fsp3) is 0.333. The molecule has 0 aliphatic carbocycles. The van der Waals surface area contributed by atoms with Crippen molar-refractivity contribution in [2.75, 3.05) is 28.4 Å². The maximum absolute atomic E-state index is 12.6. The first kappa shape index (κ1) is 20.7. The van der Waals surface area contributed by atoms with Crippen molar-refractivity contribution in [3.05, 3.63) is 40.7 Å². The number of amides is 1. The second kappa shape index (κ2) is 9.00. The summed E-state index contributed by atoms with van der Waals surface area (Å²) in [5, 5.41) is 0. The van der Waals surface area contributed by atoms with Crippen molar-refractivity contribution in [1.82, 2.24) is 4.57 Å². The molecule has 3 aromatic rings. The number of aromatic nitrogens is 1. The molecule has 29 heavy (non-hydrogen) atoms. The highest BCUT2D eigenvalue weighted by Crippen LogP contribution is 2.33. The van der Waals surface area contributed by atoms with Gasteiger partial charge in [-0.2, -0.15) is 4.99 Å². The Labute approximate surface area is 173 Å². The van der Waals surface area contributed by atoms with E-state index >= 15 is 0 Å². The van der Waals surface area contributed by atoms with Crippen LogP contribution in [0.5, 0.6) is 23.0 Å². The molecular weight excluding hydrogens is 392 g/mol. The van der Waals surface area contributed by atoms with E-state index in [-0.39, 0.29) is 12.3 Å². The number of carbonyl (C=O) groups is 1. The average Bonchev–Trinajstić information content (AvgIpc) is 3.07. The number of aryl methyl sites for hydroxylation is 1. The molecule has 1 heterocycles. The molecule has 0 N–H and O–H groups in total. The number of methoxy groups -OCH3 is 4. The van der Waals surface area contributed by atoms with Crippen LogP contribution in [0.2, 0.25) is 0 Å². The van der Waals surface area contributed by atoms with Crippen molar-refractivity contribution < 1.29 is 23.7 Å². The first-order valence-corrected chi connectivity index (χ1v) is 9.90. The monoisotopic (exact) mass is 416 g/mol. The molecule has 0 aliphatic rings. The topological polar surface area (TPSA) is 71.3 Å².